The van der Waals surface area contributed by atoms with Gasteiger partial charge < -0.3 is 4.74 Å². The lowest BCUT2D eigenvalue weighted by Gasteiger charge is -2.25. The molecule has 1 heterocycles. The zero-order chi connectivity index (χ0) is 13.7. The highest BCUT2D eigenvalue weighted by Crippen LogP contribution is 2.02. The minimum Gasteiger partial charge on any atom is -0.379 e. The SMILES string of the molecule is O=C(NNS(=O)(=O)N1CCOCC1)c1ccccc1. The maximum absolute atomic E-state index is 11.9. The zero-order valence-electron chi connectivity index (χ0n) is 10.2. The number of nitrogens with one attached hydrogen (secondary N) is 2. The molecule has 1 aromatic carbocycles. The van der Waals surface area contributed by atoms with Gasteiger partial charge in [-0.1, -0.05) is 18.2 Å². The van der Waals surface area contributed by atoms with E-state index < -0.39 is 16.1 Å². The second-order valence-electron chi connectivity index (χ2n) is 3.94. The summed E-state index contributed by atoms with van der Waals surface area (Å²) in [4.78, 5) is 13.8. The van der Waals surface area contributed by atoms with E-state index in [-0.39, 0.29) is 13.1 Å². The number of carbonyl (C=O) groups excluding carboxylic acids is 1. The van der Waals surface area contributed by atoms with E-state index in [1.807, 2.05) is 0 Å². The highest BCUT2D eigenvalue weighted by Gasteiger charge is 2.24. The summed E-state index contributed by atoms with van der Waals surface area (Å²) < 4.78 is 30.0. The van der Waals surface area contributed by atoms with Gasteiger partial charge in [-0.2, -0.15) is 12.7 Å². The molecule has 0 bridgehead atoms. The van der Waals surface area contributed by atoms with E-state index in [4.69, 9.17) is 4.74 Å². The lowest BCUT2D eigenvalue weighted by atomic mass is 10.2. The van der Waals surface area contributed by atoms with Crippen LogP contribution >= 0.6 is 0 Å². The first-order valence-electron chi connectivity index (χ1n) is 5.79. The lowest BCUT2D eigenvalue weighted by molar-refractivity contribution is 0.0720. The summed E-state index contributed by atoms with van der Waals surface area (Å²) in [6.07, 6.45) is 0. The Bertz CT molecular complexity index is 526. The molecule has 2 N–H and O–H groups in total. The smallest absolute Gasteiger partial charge is 0.296 e. The third-order valence-corrected chi connectivity index (χ3v) is 4.04. The average Bonchev–Trinajstić information content (AvgIpc) is 2.47. The summed E-state index contributed by atoms with van der Waals surface area (Å²) in [6, 6.07) is 8.36. The molecule has 0 radical (unpaired) electrons. The first-order valence-corrected chi connectivity index (χ1v) is 7.23. The van der Waals surface area contributed by atoms with Crippen LogP contribution in [0.4, 0.5) is 0 Å². The Balaban J connectivity index is 1.92. The second kappa shape index (κ2) is 6.11. The molecule has 19 heavy (non-hydrogen) atoms. The molecule has 2 rings (SSSR count). The maximum atomic E-state index is 11.9. The molecule has 0 saturated carbocycles. The number of carbonyl (C=O) groups is 1. The largest absolute Gasteiger partial charge is 0.379 e. The van der Waals surface area contributed by atoms with Gasteiger partial charge in [0, 0.05) is 18.7 Å². The van der Waals surface area contributed by atoms with Gasteiger partial charge in [-0.25, -0.2) is 0 Å². The highest BCUT2D eigenvalue weighted by atomic mass is 32.2. The molecule has 1 aromatic rings. The van der Waals surface area contributed by atoms with Crippen molar-refractivity contribution in [1.82, 2.24) is 14.6 Å². The Labute approximate surface area is 111 Å². The van der Waals surface area contributed by atoms with Crippen LogP contribution in [-0.4, -0.2) is 44.9 Å². The predicted octanol–water partition coefficient (Wildman–Crippen LogP) is -0.502. The van der Waals surface area contributed by atoms with Crippen LogP contribution in [-0.2, 0) is 14.9 Å². The van der Waals surface area contributed by atoms with Gasteiger partial charge in [-0.15, -0.1) is 4.83 Å². The fourth-order valence-electron chi connectivity index (χ4n) is 1.62. The van der Waals surface area contributed by atoms with Crippen LogP contribution in [0.25, 0.3) is 0 Å². The summed E-state index contributed by atoms with van der Waals surface area (Å²) >= 11 is 0. The van der Waals surface area contributed by atoms with Gasteiger partial charge in [0.05, 0.1) is 13.2 Å². The molecule has 104 valence electrons. The average molecular weight is 285 g/mol. The van der Waals surface area contributed by atoms with E-state index in [9.17, 15) is 13.2 Å². The molecule has 1 amide bonds. The van der Waals surface area contributed by atoms with Gasteiger partial charge in [0.2, 0.25) is 0 Å². The number of hydrogen-bond donors (Lipinski definition) is 2. The molecule has 0 atom stereocenters. The van der Waals surface area contributed by atoms with Gasteiger partial charge in [0.15, 0.2) is 0 Å². The minimum absolute atomic E-state index is 0.274. The number of ether oxygens (including phenoxy) is 1. The van der Waals surface area contributed by atoms with Crippen LogP contribution < -0.4 is 10.3 Å². The number of benzene rings is 1. The van der Waals surface area contributed by atoms with E-state index >= 15 is 0 Å². The molecule has 1 saturated heterocycles. The topological polar surface area (TPSA) is 87.7 Å². The molecule has 1 aliphatic heterocycles. The van der Waals surface area contributed by atoms with Crippen molar-refractivity contribution in [2.75, 3.05) is 26.3 Å². The van der Waals surface area contributed by atoms with Gasteiger partial charge in [0.1, 0.15) is 0 Å². The Morgan fingerprint density at radius 3 is 2.42 bits per heavy atom. The molecule has 1 aliphatic rings. The minimum atomic E-state index is -3.72. The number of nitrogens with zero attached hydrogens (tertiary/aromatic N) is 1. The Hall–Kier alpha value is -1.48. The van der Waals surface area contributed by atoms with Crippen LogP contribution in [0.2, 0.25) is 0 Å². The predicted molar refractivity (Wildman–Crippen MR) is 68.4 cm³/mol. The number of rotatable bonds is 4. The molecule has 0 aliphatic carbocycles. The van der Waals surface area contributed by atoms with Crippen molar-refractivity contribution >= 4 is 16.1 Å². The van der Waals surface area contributed by atoms with E-state index in [1.54, 1.807) is 30.3 Å². The Kier molecular flexibility index (Phi) is 4.48. The number of hydrazine groups is 1. The highest BCUT2D eigenvalue weighted by molar-refractivity contribution is 7.87. The van der Waals surface area contributed by atoms with Gasteiger partial charge in [-0.3, -0.25) is 10.2 Å². The first-order chi connectivity index (χ1) is 9.09. The van der Waals surface area contributed by atoms with Gasteiger partial charge >= 0.3 is 0 Å². The first kappa shape index (κ1) is 13.9. The fraction of sp³-hybridized carbons (Fsp3) is 0.364. The van der Waals surface area contributed by atoms with Crippen molar-refractivity contribution in [3.8, 4) is 0 Å². The quantitative estimate of drug-likeness (QED) is 0.730. The van der Waals surface area contributed by atoms with Crippen LogP contribution in [0.3, 0.4) is 0 Å². The maximum Gasteiger partial charge on any atom is 0.296 e. The molecule has 0 aromatic heterocycles. The molecule has 1 fully saturated rings. The molecule has 0 spiro atoms. The molecular formula is C11H15N3O4S. The number of amides is 1. The van der Waals surface area contributed by atoms with Crippen molar-refractivity contribution in [2.45, 2.75) is 0 Å². The monoisotopic (exact) mass is 285 g/mol. The number of morpholine rings is 1. The van der Waals surface area contributed by atoms with Gasteiger partial charge in [0.25, 0.3) is 16.1 Å². The summed E-state index contributed by atoms with van der Waals surface area (Å²) in [5, 5.41) is 0. The summed E-state index contributed by atoms with van der Waals surface area (Å²) in [5.74, 6) is -0.502. The summed E-state index contributed by atoms with van der Waals surface area (Å²) in [6.45, 7) is 1.26. The third-order valence-electron chi connectivity index (χ3n) is 2.64. The molecule has 0 unspecified atom stereocenters. The van der Waals surface area contributed by atoms with E-state index in [0.29, 0.717) is 18.8 Å². The van der Waals surface area contributed by atoms with E-state index in [1.165, 1.54) is 4.31 Å². The van der Waals surface area contributed by atoms with Crippen molar-refractivity contribution in [3.05, 3.63) is 35.9 Å². The van der Waals surface area contributed by atoms with Crippen LogP contribution in [0, 0.1) is 0 Å². The normalized spacial score (nSPS) is 17.1. The standard InChI is InChI=1S/C11H15N3O4S/c15-11(10-4-2-1-3-5-10)12-13-19(16,17)14-6-8-18-9-7-14/h1-5,13H,6-9H2,(H,12,15). The zero-order valence-corrected chi connectivity index (χ0v) is 11.0. The van der Waals surface area contributed by atoms with Crippen LogP contribution in [0.5, 0.6) is 0 Å². The van der Waals surface area contributed by atoms with Crippen LogP contribution in [0.15, 0.2) is 30.3 Å². The third kappa shape index (κ3) is 3.74. The van der Waals surface area contributed by atoms with Crippen molar-refractivity contribution < 1.29 is 17.9 Å². The summed E-state index contributed by atoms with van der Waals surface area (Å²) in [7, 11) is -3.72. The second-order valence-corrected chi connectivity index (χ2v) is 5.61. The van der Waals surface area contributed by atoms with Crippen molar-refractivity contribution in [2.24, 2.45) is 0 Å². The van der Waals surface area contributed by atoms with E-state index in [0.717, 1.165) is 0 Å². The Morgan fingerprint density at radius 1 is 1.16 bits per heavy atom. The lowest BCUT2D eigenvalue weighted by Crippen LogP contribution is -2.52. The van der Waals surface area contributed by atoms with Crippen molar-refractivity contribution in [1.29, 1.82) is 0 Å². The molecule has 8 heteroatoms. The molecular weight excluding hydrogens is 270 g/mol. The van der Waals surface area contributed by atoms with Crippen molar-refractivity contribution in [3.63, 3.8) is 0 Å². The molecule has 7 nitrogen and oxygen atoms in total. The summed E-state index contributed by atoms with van der Waals surface area (Å²) in [5.41, 5.74) is 2.56. The Morgan fingerprint density at radius 2 is 1.79 bits per heavy atom. The fourth-order valence-corrected chi connectivity index (χ4v) is 2.60. The van der Waals surface area contributed by atoms with Gasteiger partial charge in [-0.05, 0) is 12.1 Å². The van der Waals surface area contributed by atoms with Crippen LogP contribution in [0.1, 0.15) is 10.4 Å². The van der Waals surface area contributed by atoms with E-state index in [2.05, 4.69) is 10.3 Å². The number of hydrogen-bond acceptors (Lipinski definition) is 4.